The third-order valence-electron chi connectivity index (χ3n) is 4.81. The third-order valence-corrected chi connectivity index (χ3v) is 4.81. The van der Waals surface area contributed by atoms with E-state index in [0.29, 0.717) is 0 Å². The van der Waals surface area contributed by atoms with Crippen LogP contribution in [-0.2, 0) is 9.53 Å². The summed E-state index contributed by atoms with van der Waals surface area (Å²) in [6, 6.07) is 0. The van der Waals surface area contributed by atoms with Crippen LogP contribution in [0.2, 0.25) is 0 Å². The number of aliphatic hydroxyl groups excluding tert-OH is 3. The van der Waals surface area contributed by atoms with Crippen LogP contribution in [0.25, 0.3) is 0 Å². The Labute approximate surface area is 227 Å². The first-order chi connectivity index (χ1) is 14.7. The minimum Gasteiger partial charge on any atom is -0.547 e. The Hall–Kier alpha value is -0.00364. The van der Waals surface area contributed by atoms with E-state index in [2.05, 4.69) is 4.74 Å². The molecule has 0 aromatic carbocycles. The van der Waals surface area contributed by atoms with Gasteiger partial charge < -0.3 is 35.1 Å². The van der Waals surface area contributed by atoms with Crippen LogP contribution in [0.4, 0.5) is 57.1 Å². The van der Waals surface area contributed by atoms with Crippen molar-refractivity contribution in [1.82, 2.24) is 0 Å². The van der Waals surface area contributed by atoms with Crippen molar-refractivity contribution in [2.24, 2.45) is 0 Å². The Morgan fingerprint density at radius 3 is 1.63 bits per heavy atom. The minimum absolute atomic E-state index is 0. The largest absolute Gasteiger partial charge is 1.00 e. The monoisotopic (exact) mass is 578 g/mol. The summed E-state index contributed by atoms with van der Waals surface area (Å²) in [5.41, 5.74) is 0. The molecule has 1 fully saturated rings. The second-order valence-electron chi connectivity index (χ2n) is 7.13. The van der Waals surface area contributed by atoms with Crippen molar-refractivity contribution < 1.29 is 144 Å². The number of hydrogen-bond donors (Lipinski definition) is 4. The Morgan fingerprint density at radius 2 is 1.26 bits per heavy atom. The number of aliphatic carboxylic acids is 1. The Balaban J connectivity index is 0.0000116. The SMILES string of the molecule is O=C([O-])[C@@H](O)[C@H]1O[C@](O)(CCC(F)(F)C(F)(F)C(F)(F)C(F)(F)C(F)(F)C(F)(F)F)[C@H](O)[C@H]1O.[K+]. The van der Waals surface area contributed by atoms with Gasteiger partial charge in [0.15, 0.2) is 5.79 Å². The maximum absolute atomic E-state index is 13.8. The van der Waals surface area contributed by atoms with Crippen LogP contribution in [0, 0.1) is 0 Å². The summed E-state index contributed by atoms with van der Waals surface area (Å²) in [7, 11) is 0. The smallest absolute Gasteiger partial charge is 0.547 e. The van der Waals surface area contributed by atoms with E-state index in [4.69, 9.17) is 5.11 Å². The number of ether oxygens (including phenoxy) is 1. The molecule has 0 spiro atoms. The number of aliphatic hydroxyl groups is 4. The van der Waals surface area contributed by atoms with Crippen LogP contribution in [0.5, 0.6) is 0 Å². The quantitative estimate of drug-likeness (QED) is 0.175. The molecule has 1 saturated heterocycles. The second-order valence-corrected chi connectivity index (χ2v) is 7.13. The van der Waals surface area contributed by atoms with E-state index in [-0.39, 0.29) is 51.4 Å². The topological polar surface area (TPSA) is 130 Å². The molecule has 0 amide bonds. The zero-order chi connectivity index (χ0) is 27.5. The average molecular weight is 578 g/mol. The molecule has 1 aliphatic heterocycles. The van der Waals surface area contributed by atoms with E-state index in [0.717, 1.165) is 0 Å². The summed E-state index contributed by atoms with van der Waals surface area (Å²) in [6.07, 6.45) is -24.0. The van der Waals surface area contributed by atoms with Crippen LogP contribution in [0.1, 0.15) is 12.8 Å². The standard InChI is InChI=1S/C14H13F13O7.K/c15-9(16,2-1-8(33)6(30)3(28)5(34-8)4(29)7(31)32)10(17,18)11(19,20)12(21,22)13(23,24)14(25,26)27;/h3-6,28-30,33H,1-2H2,(H,31,32);/q;+1/p-1/t3-,4-,5-,6+,8+;/m0./s1. The summed E-state index contributed by atoms with van der Waals surface area (Å²) >= 11 is 0. The van der Waals surface area contributed by atoms with E-state index >= 15 is 0 Å². The molecule has 5 atom stereocenters. The molecule has 0 bridgehead atoms. The van der Waals surface area contributed by atoms with Gasteiger partial charge in [-0.3, -0.25) is 0 Å². The predicted octanol–water partition coefficient (Wildman–Crippen LogP) is -2.57. The zero-order valence-corrected chi connectivity index (χ0v) is 19.8. The number of rotatable bonds is 9. The number of carbonyl (C=O) groups excluding carboxylic acids is 1. The van der Waals surface area contributed by atoms with Gasteiger partial charge in [-0.05, 0) is 0 Å². The molecule has 0 saturated carbocycles. The van der Waals surface area contributed by atoms with Crippen molar-refractivity contribution in [3.8, 4) is 0 Å². The fourth-order valence-electron chi connectivity index (χ4n) is 2.71. The molecule has 0 aromatic rings. The van der Waals surface area contributed by atoms with Crippen molar-refractivity contribution in [3.63, 3.8) is 0 Å². The van der Waals surface area contributed by atoms with Crippen molar-refractivity contribution in [2.45, 2.75) is 78.8 Å². The van der Waals surface area contributed by atoms with Crippen LogP contribution in [0.15, 0.2) is 0 Å². The second kappa shape index (κ2) is 10.3. The van der Waals surface area contributed by atoms with Crippen molar-refractivity contribution in [2.75, 3.05) is 0 Å². The van der Waals surface area contributed by atoms with Crippen LogP contribution in [-0.4, -0.2) is 92.4 Å². The van der Waals surface area contributed by atoms with Crippen molar-refractivity contribution in [3.05, 3.63) is 0 Å². The first-order valence-corrected chi connectivity index (χ1v) is 8.34. The van der Waals surface area contributed by atoms with Gasteiger partial charge in [-0.15, -0.1) is 0 Å². The van der Waals surface area contributed by atoms with E-state index in [1.54, 1.807) is 0 Å². The van der Waals surface area contributed by atoms with E-state index in [9.17, 15) is 82.3 Å². The normalized spacial score (nSPS) is 28.0. The molecule has 4 N–H and O–H groups in total. The van der Waals surface area contributed by atoms with Gasteiger partial charge in [-0.1, -0.05) is 0 Å². The van der Waals surface area contributed by atoms with Gasteiger partial charge in [0.25, 0.3) is 0 Å². The average Bonchev–Trinajstić information content (AvgIpc) is 2.89. The van der Waals surface area contributed by atoms with Crippen molar-refractivity contribution in [1.29, 1.82) is 0 Å². The Morgan fingerprint density at radius 1 is 0.857 bits per heavy atom. The van der Waals surface area contributed by atoms with Crippen molar-refractivity contribution >= 4 is 5.97 Å². The molecule has 0 radical (unpaired) electrons. The fraction of sp³-hybridized carbons (Fsp3) is 0.929. The molecular formula is C14H12F13KO7. The maximum atomic E-state index is 13.8. The van der Waals surface area contributed by atoms with Gasteiger partial charge >= 0.3 is 87.2 Å². The molecule has 7 nitrogen and oxygen atoms in total. The molecule has 0 aliphatic carbocycles. The van der Waals surface area contributed by atoms with Gasteiger partial charge in [0.1, 0.15) is 24.4 Å². The summed E-state index contributed by atoms with van der Waals surface area (Å²) in [6.45, 7) is 0. The molecule has 1 heterocycles. The number of hydrogen-bond acceptors (Lipinski definition) is 7. The number of carbonyl (C=O) groups is 1. The number of alkyl halides is 13. The molecular weight excluding hydrogens is 566 g/mol. The Bertz CT molecular complexity index is 778. The predicted molar refractivity (Wildman–Crippen MR) is 72.9 cm³/mol. The number of carboxylic acids is 1. The van der Waals surface area contributed by atoms with Gasteiger partial charge in [0.05, 0.1) is 5.97 Å². The summed E-state index contributed by atoms with van der Waals surface area (Å²) < 4.78 is 174. The first kappa shape index (κ1) is 35.0. The number of halogens is 13. The van der Waals surface area contributed by atoms with Crippen LogP contribution in [0.3, 0.4) is 0 Å². The third kappa shape index (κ3) is 5.58. The Kier molecular flexibility index (Phi) is 10.3. The van der Waals surface area contributed by atoms with Gasteiger partial charge in [0, 0.05) is 12.8 Å². The van der Waals surface area contributed by atoms with Crippen LogP contribution >= 0.6 is 0 Å². The summed E-state index contributed by atoms with van der Waals surface area (Å²) in [5, 5.41) is 48.5. The molecule has 35 heavy (non-hydrogen) atoms. The van der Waals surface area contributed by atoms with Gasteiger partial charge in [-0.2, -0.15) is 57.1 Å². The molecule has 1 aliphatic rings. The molecule has 0 aromatic heterocycles. The molecule has 0 unspecified atom stereocenters. The van der Waals surface area contributed by atoms with Gasteiger partial charge in [-0.25, -0.2) is 0 Å². The first-order valence-electron chi connectivity index (χ1n) is 8.34. The molecule has 21 heteroatoms. The maximum Gasteiger partial charge on any atom is 1.00 e. The van der Waals surface area contributed by atoms with Gasteiger partial charge in [0.2, 0.25) is 0 Å². The molecule has 1 rings (SSSR count). The number of carboxylic acid groups (broad SMARTS) is 1. The van der Waals surface area contributed by atoms with Crippen LogP contribution < -0.4 is 56.5 Å². The van der Waals surface area contributed by atoms with E-state index < -0.39 is 84.8 Å². The summed E-state index contributed by atoms with van der Waals surface area (Å²) in [4.78, 5) is 10.5. The van der Waals surface area contributed by atoms with E-state index in [1.165, 1.54) is 0 Å². The fourth-order valence-corrected chi connectivity index (χ4v) is 2.71. The molecule has 202 valence electrons. The van der Waals surface area contributed by atoms with E-state index in [1.807, 2.05) is 0 Å². The minimum atomic E-state index is -8.13. The summed E-state index contributed by atoms with van der Waals surface area (Å²) in [5.74, 6) is -44.6. The zero-order valence-electron chi connectivity index (χ0n) is 16.7.